The highest BCUT2D eigenvalue weighted by molar-refractivity contribution is 5.26. The van der Waals surface area contributed by atoms with Crippen LogP contribution in [0.5, 0.6) is 0 Å². The molecule has 0 heterocycles. The van der Waals surface area contributed by atoms with Gasteiger partial charge in [0, 0.05) is 0 Å². The van der Waals surface area contributed by atoms with E-state index in [1.54, 1.807) is 0 Å². The van der Waals surface area contributed by atoms with Gasteiger partial charge in [0.15, 0.2) is 0 Å². The first-order valence-electron chi connectivity index (χ1n) is 8.01. The van der Waals surface area contributed by atoms with Crippen LogP contribution in [0.4, 0.5) is 39.5 Å². The van der Waals surface area contributed by atoms with E-state index >= 15 is 0 Å². The maximum Gasteiger partial charge on any atom is 0.381 e. The molecule has 0 aromatic carbocycles. The molecule has 0 spiro atoms. The SMILES string of the molecule is CCCCCCCCCCC1(F)C(F)(F)C(F)(F)C(F)(F)C1(F)F. The van der Waals surface area contributed by atoms with Crippen molar-refractivity contribution in [3.8, 4) is 0 Å². The van der Waals surface area contributed by atoms with Crippen molar-refractivity contribution in [2.75, 3.05) is 0 Å². The number of alkyl halides is 9. The van der Waals surface area contributed by atoms with Gasteiger partial charge in [-0.05, 0) is 12.8 Å². The van der Waals surface area contributed by atoms with Gasteiger partial charge in [0.05, 0.1) is 0 Å². The van der Waals surface area contributed by atoms with Gasteiger partial charge in [-0.3, -0.25) is 0 Å². The van der Waals surface area contributed by atoms with Gasteiger partial charge >= 0.3 is 23.7 Å². The minimum Gasteiger partial charge on any atom is -0.230 e. The van der Waals surface area contributed by atoms with Crippen LogP contribution in [0.2, 0.25) is 0 Å². The molecule has 0 atom stereocenters. The topological polar surface area (TPSA) is 0 Å². The molecular formula is C15H21F9. The van der Waals surface area contributed by atoms with Crippen LogP contribution >= 0.6 is 0 Å². The van der Waals surface area contributed by atoms with Gasteiger partial charge in [0.25, 0.3) is 0 Å². The van der Waals surface area contributed by atoms with E-state index in [1.807, 2.05) is 6.92 Å². The molecule has 0 bridgehead atoms. The van der Waals surface area contributed by atoms with E-state index in [-0.39, 0.29) is 6.42 Å². The normalized spacial score (nSPS) is 25.8. The second-order valence-electron chi connectivity index (χ2n) is 6.32. The Balaban J connectivity index is 2.69. The fourth-order valence-corrected chi connectivity index (χ4v) is 2.91. The summed E-state index contributed by atoms with van der Waals surface area (Å²) in [5, 5.41) is 0. The lowest BCUT2D eigenvalue weighted by atomic mass is 9.90. The molecule has 0 N–H and O–H groups in total. The summed E-state index contributed by atoms with van der Waals surface area (Å²) < 4.78 is 120. The van der Waals surface area contributed by atoms with Crippen LogP contribution in [0.3, 0.4) is 0 Å². The van der Waals surface area contributed by atoms with Crippen molar-refractivity contribution >= 4 is 0 Å². The first kappa shape index (κ1) is 21.4. The van der Waals surface area contributed by atoms with Crippen molar-refractivity contribution < 1.29 is 39.5 Å². The molecule has 1 aliphatic carbocycles. The van der Waals surface area contributed by atoms with Crippen molar-refractivity contribution in [2.45, 2.75) is 94.1 Å². The lowest BCUT2D eigenvalue weighted by molar-refractivity contribution is -0.303. The van der Waals surface area contributed by atoms with Crippen molar-refractivity contribution in [3.05, 3.63) is 0 Å². The summed E-state index contributed by atoms with van der Waals surface area (Å²) in [4.78, 5) is 0. The van der Waals surface area contributed by atoms with E-state index in [9.17, 15) is 39.5 Å². The van der Waals surface area contributed by atoms with Crippen LogP contribution in [0, 0.1) is 0 Å². The third-order valence-corrected chi connectivity index (χ3v) is 4.55. The Bertz CT molecular complexity index is 391. The fourth-order valence-electron chi connectivity index (χ4n) is 2.91. The highest BCUT2D eigenvalue weighted by atomic mass is 19.4. The summed E-state index contributed by atoms with van der Waals surface area (Å²) in [6.07, 6.45) is 2.49. The molecule has 9 heteroatoms. The molecule has 1 rings (SSSR count). The summed E-state index contributed by atoms with van der Waals surface area (Å²) in [6, 6.07) is 0. The predicted octanol–water partition coefficient (Wildman–Crippen LogP) is 6.78. The quantitative estimate of drug-likeness (QED) is 0.309. The van der Waals surface area contributed by atoms with Crippen LogP contribution in [-0.4, -0.2) is 29.4 Å². The number of unbranched alkanes of at least 4 members (excludes halogenated alkanes) is 7. The van der Waals surface area contributed by atoms with Crippen molar-refractivity contribution in [1.82, 2.24) is 0 Å². The van der Waals surface area contributed by atoms with Gasteiger partial charge in [0.1, 0.15) is 0 Å². The predicted molar refractivity (Wildman–Crippen MR) is 70.9 cm³/mol. The summed E-state index contributed by atoms with van der Waals surface area (Å²) in [7, 11) is 0. The molecular weight excluding hydrogens is 351 g/mol. The standard InChI is InChI=1S/C15H21F9/c1-2-3-4-5-6-7-8-9-10-11(16)12(17,18)14(21,22)15(23,24)13(11,19)20/h2-10H2,1H3. The van der Waals surface area contributed by atoms with E-state index in [2.05, 4.69) is 0 Å². The van der Waals surface area contributed by atoms with Gasteiger partial charge in [0.2, 0.25) is 5.67 Å². The first-order valence-corrected chi connectivity index (χ1v) is 8.01. The second kappa shape index (κ2) is 6.94. The van der Waals surface area contributed by atoms with E-state index in [0.717, 1.165) is 25.7 Å². The van der Waals surface area contributed by atoms with Gasteiger partial charge in [-0.2, -0.15) is 35.1 Å². The Kier molecular flexibility index (Phi) is 6.19. The third-order valence-electron chi connectivity index (χ3n) is 4.55. The molecule has 0 nitrogen and oxygen atoms in total. The van der Waals surface area contributed by atoms with Crippen LogP contribution in [-0.2, 0) is 0 Å². The zero-order valence-electron chi connectivity index (χ0n) is 13.3. The molecule has 1 saturated carbocycles. The van der Waals surface area contributed by atoms with Gasteiger partial charge in [-0.15, -0.1) is 0 Å². The zero-order valence-corrected chi connectivity index (χ0v) is 13.3. The van der Waals surface area contributed by atoms with Gasteiger partial charge in [-0.1, -0.05) is 51.9 Å². The minimum absolute atomic E-state index is 0.0289. The van der Waals surface area contributed by atoms with Crippen molar-refractivity contribution in [2.24, 2.45) is 0 Å². The lowest BCUT2D eigenvalue weighted by Gasteiger charge is -2.30. The Morgan fingerprint density at radius 3 is 1.17 bits per heavy atom. The molecule has 1 fully saturated rings. The van der Waals surface area contributed by atoms with E-state index < -0.39 is 42.2 Å². The summed E-state index contributed by atoms with van der Waals surface area (Å²) in [6.45, 7) is 1.99. The first-order chi connectivity index (χ1) is 10.8. The molecule has 0 saturated heterocycles. The smallest absolute Gasteiger partial charge is 0.230 e. The summed E-state index contributed by atoms with van der Waals surface area (Å²) in [5.41, 5.74) is -5.27. The highest BCUT2D eigenvalue weighted by Gasteiger charge is 2.99. The molecule has 0 aromatic rings. The average molecular weight is 372 g/mol. The largest absolute Gasteiger partial charge is 0.381 e. The van der Waals surface area contributed by atoms with Crippen molar-refractivity contribution in [3.63, 3.8) is 0 Å². The molecule has 0 aliphatic heterocycles. The Labute approximate surface area is 134 Å². The van der Waals surface area contributed by atoms with E-state index in [1.165, 1.54) is 0 Å². The Morgan fingerprint density at radius 2 is 0.792 bits per heavy atom. The van der Waals surface area contributed by atoms with Crippen LogP contribution in [0.25, 0.3) is 0 Å². The molecule has 144 valence electrons. The number of hydrogen-bond donors (Lipinski definition) is 0. The third kappa shape index (κ3) is 2.89. The highest BCUT2D eigenvalue weighted by Crippen LogP contribution is 2.70. The Morgan fingerprint density at radius 1 is 0.458 bits per heavy atom. The van der Waals surface area contributed by atoms with E-state index in [0.29, 0.717) is 12.8 Å². The minimum atomic E-state index is -6.45. The molecule has 0 aromatic heterocycles. The average Bonchev–Trinajstić information content (AvgIpc) is 2.52. The van der Waals surface area contributed by atoms with Crippen LogP contribution in [0.15, 0.2) is 0 Å². The van der Waals surface area contributed by atoms with Crippen molar-refractivity contribution in [1.29, 1.82) is 0 Å². The molecule has 0 radical (unpaired) electrons. The summed E-state index contributed by atoms with van der Waals surface area (Å²) >= 11 is 0. The second-order valence-corrected chi connectivity index (χ2v) is 6.32. The van der Waals surface area contributed by atoms with Crippen LogP contribution in [0.1, 0.15) is 64.7 Å². The number of rotatable bonds is 9. The molecule has 1 aliphatic rings. The number of halogens is 9. The maximum atomic E-state index is 14.1. The lowest BCUT2D eigenvalue weighted by Crippen LogP contribution is -2.54. The number of hydrogen-bond acceptors (Lipinski definition) is 0. The van der Waals surface area contributed by atoms with Gasteiger partial charge < -0.3 is 0 Å². The maximum absolute atomic E-state index is 14.1. The molecule has 0 amide bonds. The van der Waals surface area contributed by atoms with E-state index in [4.69, 9.17) is 0 Å². The zero-order chi connectivity index (χ0) is 18.9. The van der Waals surface area contributed by atoms with Crippen LogP contribution < -0.4 is 0 Å². The fraction of sp³-hybridized carbons (Fsp3) is 1.00. The Hall–Kier alpha value is -0.630. The molecule has 24 heavy (non-hydrogen) atoms. The van der Waals surface area contributed by atoms with Gasteiger partial charge in [-0.25, -0.2) is 4.39 Å². The monoisotopic (exact) mass is 372 g/mol. The molecule has 0 unspecified atom stereocenters. The summed E-state index contributed by atoms with van der Waals surface area (Å²) in [5.74, 6) is -25.2.